The van der Waals surface area contributed by atoms with Gasteiger partial charge in [0.2, 0.25) is 0 Å². The Morgan fingerprint density at radius 2 is 1.00 bits per heavy atom. The summed E-state index contributed by atoms with van der Waals surface area (Å²) < 4.78 is 16.5. The fourth-order valence-electron chi connectivity index (χ4n) is 1.70. The SMILES string of the molecule is Cc1ccc(SOCCOCCOSc2ccc(C)cc2)cc1. The minimum atomic E-state index is 0.559. The molecule has 0 amide bonds. The number of benzene rings is 2. The monoisotopic (exact) mass is 350 g/mol. The van der Waals surface area contributed by atoms with E-state index in [0.717, 1.165) is 9.79 Å². The van der Waals surface area contributed by atoms with Crippen molar-refractivity contribution in [2.24, 2.45) is 0 Å². The molecule has 0 bridgehead atoms. The van der Waals surface area contributed by atoms with Crippen molar-refractivity contribution < 1.29 is 13.1 Å². The molecular weight excluding hydrogens is 328 g/mol. The quantitative estimate of drug-likeness (QED) is 0.441. The van der Waals surface area contributed by atoms with Crippen molar-refractivity contribution in [2.75, 3.05) is 26.4 Å². The van der Waals surface area contributed by atoms with Gasteiger partial charge in [-0.3, -0.25) is 0 Å². The number of rotatable bonds is 10. The second-order valence-corrected chi connectivity index (χ2v) is 6.80. The number of aryl methyl sites for hydroxylation is 2. The molecule has 0 aliphatic heterocycles. The number of hydrogen-bond acceptors (Lipinski definition) is 5. The summed E-state index contributed by atoms with van der Waals surface area (Å²) in [6.45, 7) is 6.40. The van der Waals surface area contributed by atoms with Crippen LogP contribution in [0.5, 0.6) is 0 Å². The van der Waals surface area contributed by atoms with Gasteiger partial charge in [0.05, 0.1) is 26.4 Å². The van der Waals surface area contributed by atoms with Crippen molar-refractivity contribution in [3.8, 4) is 0 Å². The molecule has 0 spiro atoms. The largest absolute Gasteiger partial charge is 0.377 e. The van der Waals surface area contributed by atoms with E-state index in [1.165, 1.54) is 35.2 Å². The summed E-state index contributed by atoms with van der Waals surface area (Å²) >= 11 is 2.76. The van der Waals surface area contributed by atoms with Crippen molar-refractivity contribution in [2.45, 2.75) is 23.6 Å². The molecule has 0 fully saturated rings. The minimum absolute atomic E-state index is 0.559. The number of hydrogen-bond donors (Lipinski definition) is 0. The van der Waals surface area contributed by atoms with Crippen LogP contribution in [0.2, 0.25) is 0 Å². The third-order valence-electron chi connectivity index (χ3n) is 2.97. The second-order valence-electron chi connectivity index (χ2n) is 5.05. The Morgan fingerprint density at radius 3 is 1.39 bits per heavy atom. The van der Waals surface area contributed by atoms with Gasteiger partial charge in [-0.05, 0) is 38.1 Å². The van der Waals surface area contributed by atoms with Crippen molar-refractivity contribution in [3.63, 3.8) is 0 Å². The van der Waals surface area contributed by atoms with Crippen LogP contribution < -0.4 is 0 Å². The van der Waals surface area contributed by atoms with E-state index < -0.39 is 0 Å². The lowest BCUT2D eigenvalue weighted by atomic mass is 10.2. The molecular formula is C18H22O3S2. The highest BCUT2D eigenvalue weighted by molar-refractivity contribution is 7.94. The number of ether oxygens (including phenoxy) is 1. The third kappa shape index (κ3) is 7.90. The molecule has 0 saturated heterocycles. The average molecular weight is 351 g/mol. The van der Waals surface area contributed by atoms with Gasteiger partial charge in [0.25, 0.3) is 0 Å². The van der Waals surface area contributed by atoms with Crippen LogP contribution in [0.15, 0.2) is 58.3 Å². The second kappa shape index (κ2) is 10.7. The molecule has 0 radical (unpaired) electrons. The van der Waals surface area contributed by atoms with Gasteiger partial charge >= 0.3 is 0 Å². The standard InChI is InChI=1S/C18H22O3S2/c1-15-3-7-17(8-4-15)22-20-13-11-19-12-14-21-23-18-9-5-16(2)6-10-18/h3-10H,11-14H2,1-2H3. The van der Waals surface area contributed by atoms with E-state index in [1.54, 1.807) is 0 Å². The summed E-state index contributed by atoms with van der Waals surface area (Å²) in [5.41, 5.74) is 2.50. The van der Waals surface area contributed by atoms with Crippen LogP contribution in [0.1, 0.15) is 11.1 Å². The van der Waals surface area contributed by atoms with Crippen molar-refractivity contribution in [1.82, 2.24) is 0 Å². The highest BCUT2D eigenvalue weighted by Crippen LogP contribution is 2.20. The van der Waals surface area contributed by atoms with Crippen molar-refractivity contribution in [3.05, 3.63) is 59.7 Å². The molecule has 0 heterocycles. The minimum Gasteiger partial charge on any atom is -0.377 e. The van der Waals surface area contributed by atoms with E-state index in [-0.39, 0.29) is 0 Å². The van der Waals surface area contributed by atoms with Gasteiger partial charge in [0.1, 0.15) is 0 Å². The Balaban J connectivity index is 1.43. The Kier molecular flexibility index (Phi) is 8.57. The molecule has 2 aromatic carbocycles. The Labute approximate surface area is 147 Å². The Hall–Kier alpha value is -0.980. The molecule has 0 unspecified atom stereocenters. The normalized spacial score (nSPS) is 10.9. The van der Waals surface area contributed by atoms with Crippen molar-refractivity contribution >= 4 is 24.1 Å². The fraction of sp³-hybridized carbons (Fsp3) is 0.333. The van der Waals surface area contributed by atoms with Crippen LogP contribution in [0, 0.1) is 13.8 Å². The summed E-state index contributed by atoms with van der Waals surface area (Å²) in [7, 11) is 0. The van der Waals surface area contributed by atoms with Gasteiger partial charge in [0, 0.05) is 33.9 Å². The Morgan fingerprint density at radius 1 is 0.609 bits per heavy atom. The van der Waals surface area contributed by atoms with E-state index in [0.29, 0.717) is 26.4 Å². The molecule has 0 atom stereocenters. The van der Waals surface area contributed by atoms with Crippen LogP contribution in [0.3, 0.4) is 0 Å². The maximum Gasteiger partial charge on any atom is 0.0852 e. The molecule has 23 heavy (non-hydrogen) atoms. The molecule has 2 rings (SSSR count). The molecule has 0 saturated carbocycles. The summed E-state index contributed by atoms with van der Waals surface area (Å²) in [6, 6.07) is 16.5. The summed E-state index contributed by atoms with van der Waals surface area (Å²) in [6.07, 6.45) is 0. The summed E-state index contributed by atoms with van der Waals surface area (Å²) in [4.78, 5) is 2.21. The maximum atomic E-state index is 5.49. The first-order chi connectivity index (χ1) is 11.2. The average Bonchev–Trinajstić information content (AvgIpc) is 2.56. The maximum absolute atomic E-state index is 5.49. The van der Waals surface area contributed by atoms with Gasteiger partial charge in [-0.1, -0.05) is 35.4 Å². The van der Waals surface area contributed by atoms with Crippen LogP contribution in [-0.2, 0) is 13.1 Å². The zero-order valence-corrected chi connectivity index (χ0v) is 15.1. The van der Waals surface area contributed by atoms with Gasteiger partial charge in [-0.15, -0.1) is 0 Å². The fourth-order valence-corrected chi connectivity index (χ4v) is 2.76. The van der Waals surface area contributed by atoms with Gasteiger partial charge in [0.15, 0.2) is 0 Å². The molecule has 2 aromatic rings. The predicted molar refractivity (Wildman–Crippen MR) is 96.8 cm³/mol. The molecule has 0 aliphatic carbocycles. The van der Waals surface area contributed by atoms with Crippen LogP contribution in [0.25, 0.3) is 0 Å². The highest BCUT2D eigenvalue weighted by atomic mass is 32.2. The molecule has 0 N–H and O–H groups in total. The first-order valence-electron chi connectivity index (χ1n) is 7.54. The third-order valence-corrected chi connectivity index (χ3v) is 4.47. The molecule has 0 aliphatic rings. The summed E-state index contributed by atoms with van der Waals surface area (Å²) in [5.74, 6) is 0. The Bertz CT molecular complexity index is 504. The van der Waals surface area contributed by atoms with E-state index in [2.05, 4.69) is 62.4 Å². The topological polar surface area (TPSA) is 27.7 Å². The molecule has 3 nitrogen and oxygen atoms in total. The van der Waals surface area contributed by atoms with Gasteiger partial charge < -0.3 is 13.1 Å². The van der Waals surface area contributed by atoms with E-state index >= 15 is 0 Å². The molecule has 124 valence electrons. The van der Waals surface area contributed by atoms with Gasteiger partial charge in [-0.25, -0.2) is 0 Å². The molecule has 5 heteroatoms. The smallest absolute Gasteiger partial charge is 0.0852 e. The zero-order chi connectivity index (χ0) is 16.3. The predicted octanol–water partition coefficient (Wildman–Crippen LogP) is 5.07. The lowest BCUT2D eigenvalue weighted by Gasteiger charge is -2.06. The highest BCUT2D eigenvalue weighted by Gasteiger charge is 1.97. The lowest BCUT2D eigenvalue weighted by molar-refractivity contribution is 0.0862. The van der Waals surface area contributed by atoms with Crippen LogP contribution in [-0.4, -0.2) is 26.4 Å². The van der Waals surface area contributed by atoms with E-state index in [4.69, 9.17) is 13.1 Å². The zero-order valence-electron chi connectivity index (χ0n) is 13.5. The first-order valence-corrected chi connectivity index (χ1v) is 9.02. The first kappa shape index (κ1) is 18.4. The molecule has 0 aromatic heterocycles. The van der Waals surface area contributed by atoms with Crippen LogP contribution in [0.4, 0.5) is 0 Å². The van der Waals surface area contributed by atoms with Crippen molar-refractivity contribution in [1.29, 1.82) is 0 Å². The van der Waals surface area contributed by atoms with Gasteiger partial charge in [-0.2, -0.15) is 0 Å². The van der Waals surface area contributed by atoms with E-state index in [9.17, 15) is 0 Å². The van der Waals surface area contributed by atoms with Crippen LogP contribution >= 0.6 is 24.1 Å². The lowest BCUT2D eigenvalue weighted by Crippen LogP contribution is -2.05. The van der Waals surface area contributed by atoms with E-state index in [1.807, 2.05) is 0 Å². The summed E-state index contributed by atoms with van der Waals surface area (Å²) in [5, 5.41) is 0.